The van der Waals surface area contributed by atoms with Gasteiger partial charge in [-0.15, -0.1) is 0 Å². The highest BCUT2D eigenvalue weighted by molar-refractivity contribution is 5.85. The molecule has 1 N–H and O–H groups in total. The first kappa shape index (κ1) is 13.1. The normalized spacial score (nSPS) is 15.5. The molecule has 0 unspecified atom stereocenters. The lowest BCUT2D eigenvalue weighted by Gasteiger charge is -2.16. The van der Waals surface area contributed by atoms with Crippen LogP contribution in [0.1, 0.15) is 11.1 Å². The van der Waals surface area contributed by atoms with Crippen molar-refractivity contribution in [3.8, 4) is 0 Å². The molecule has 0 aliphatic carbocycles. The molecule has 19 heavy (non-hydrogen) atoms. The van der Waals surface area contributed by atoms with E-state index in [1.165, 1.54) is 0 Å². The van der Waals surface area contributed by atoms with Crippen molar-refractivity contribution < 1.29 is 14.7 Å². The van der Waals surface area contributed by atoms with Crippen molar-refractivity contribution in [3.05, 3.63) is 41.5 Å². The van der Waals surface area contributed by atoms with Crippen molar-refractivity contribution in [1.82, 2.24) is 9.80 Å². The van der Waals surface area contributed by atoms with E-state index in [4.69, 9.17) is 5.11 Å². The maximum Gasteiger partial charge on any atom is 0.328 e. The Balaban J connectivity index is 2.07. The van der Waals surface area contributed by atoms with Crippen LogP contribution in [-0.4, -0.2) is 47.0 Å². The number of amides is 2. The molecule has 100 valence electrons. The van der Waals surface area contributed by atoms with Gasteiger partial charge in [0.25, 0.3) is 0 Å². The maximum atomic E-state index is 11.8. The molecule has 1 aliphatic heterocycles. The molecule has 5 nitrogen and oxygen atoms in total. The maximum absolute atomic E-state index is 11.8. The Labute approximate surface area is 111 Å². The Morgan fingerprint density at radius 1 is 1.42 bits per heavy atom. The fourth-order valence-corrected chi connectivity index (χ4v) is 2.03. The molecule has 1 saturated heterocycles. The molecular formula is C14H16N2O3. The molecule has 0 radical (unpaired) electrons. The molecule has 5 heteroatoms. The molecule has 0 spiro atoms. The predicted octanol–water partition coefficient (Wildman–Crippen LogP) is 1.65. The van der Waals surface area contributed by atoms with Gasteiger partial charge in [0, 0.05) is 32.8 Å². The Bertz CT molecular complexity index is 525. The topological polar surface area (TPSA) is 60.9 Å². The summed E-state index contributed by atoms with van der Waals surface area (Å²) < 4.78 is 0. The number of carboxylic acid groups (broad SMARTS) is 1. The first-order valence-electron chi connectivity index (χ1n) is 6.06. The van der Waals surface area contributed by atoms with Crippen LogP contribution in [0.25, 0.3) is 6.08 Å². The predicted molar refractivity (Wildman–Crippen MR) is 71.5 cm³/mol. The Hall–Kier alpha value is -2.30. The number of carbonyl (C=O) groups excluding carboxylic acids is 1. The van der Waals surface area contributed by atoms with E-state index in [0.717, 1.165) is 30.3 Å². The minimum Gasteiger partial charge on any atom is -0.478 e. The number of rotatable bonds is 4. The number of nitrogens with zero attached hydrogens (tertiary/aromatic N) is 2. The van der Waals surface area contributed by atoms with E-state index in [1.807, 2.05) is 24.3 Å². The van der Waals surface area contributed by atoms with Crippen LogP contribution >= 0.6 is 0 Å². The number of urea groups is 1. The van der Waals surface area contributed by atoms with Crippen LogP contribution in [0.3, 0.4) is 0 Å². The first-order valence-corrected chi connectivity index (χ1v) is 6.06. The lowest BCUT2D eigenvalue weighted by molar-refractivity contribution is -0.131. The first-order chi connectivity index (χ1) is 9.06. The van der Waals surface area contributed by atoms with E-state index in [0.29, 0.717) is 6.54 Å². The Kier molecular flexibility index (Phi) is 3.85. The van der Waals surface area contributed by atoms with Crippen molar-refractivity contribution in [2.45, 2.75) is 6.54 Å². The third-order valence-corrected chi connectivity index (χ3v) is 3.05. The lowest BCUT2D eigenvalue weighted by atomic mass is 10.1. The van der Waals surface area contributed by atoms with Crippen LogP contribution in [-0.2, 0) is 11.3 Å². The summed E-state index contributed by atoms with van der Waals surface area (Å²) in [7, 11) is 1.79. The second kappa shape index (κ2) is 5.56. The van der Waals surface area contributed by atoms with Gasteiger partial charge in [-0.2, -0.15) is 0 Å². The average molecular weight is 260 g/mol. The molecule has 1 aromatic carbocycles. The average Bonchev–Trinajstić information content (AvgIpc) is 2.69. The number of benzene rings is 1. The minimum absolute atomic E-state index is 0.0338. The van der Waals surface area contributed by atoms with Crippen LogP contribution < -0.4 is 0 Å². The van der Waals surface area contributed by atoms with Gasteiger partial charge in [0.05, 0.1) is 0 Å². The summed E-state index contributed by atoms with van der Waals surface area (Å²) in [5.74, 6) is -0.971. The van der Waals surface area contributed by atoms with Crippen LogP contribution in [0, 0.1) is 0 Å². The van der Waals surface area contributed by atoms with Gasteiger partial charge in [-0.25, -0.2) is 9.59 Å². The molecule has 0 atom stereocenters. The van der Waals surface area contributed by atoms with Gasteiger partial charge in [0.1, 0.15) is 0 Å². The summed E-state index contributed by atoms with van der Waals surface area (Å²) in [5, 5.41) is 8.59. The van der Waals surface area contributed by atoms with Gasteiger partial charge in [0.15, 0.2) is 0 Å². The van der Waals surface area contributed by atoms with Crippen molar-refractivity contribution in [2.24, 2.45) is 0 Å². The van der Waals surface area contributed by atoms with Crippen molar-refractivity contribution in [1.29, 1.82) is 0 Å². The summed E-state index contributed by atoms with van der Waals surface area (Å²) in [4.78, 5) is 25.7. The standard InChI is InChI=1S/C14H16N2O3/c1-15-7-8-16(14(15)19)10-12-4-2-3-11(9-12)5-6-13(17)18/h2-6,9H,7-8,10H2,1H3,(H,17,18)/b6-5+. The molecule has 0 saturated carbocycles. The van der Waals surface area contributed by atoms with Crippen LogP contribution in [0.15, 0.2) is 30.3 Å². The number of likely N-dealkylation sites (N-methyl/N-ethyl adjacent to an activating group) is 1. The summed E-state index contributed by atoms with van der Waals surface area (Å²) >= 11 is 0. The molecule has 1 aliphatic rings. The number of hydrogen-bond donors (Lipinski definition) is 1. The highest BCUT2D eigenvalue weighted by Gasteiger charge is 2.24. The third-order valence-electron chi connectivity index (χ3n) is 3.05. The van der Waals surface area contributed by atoms with E-state index in [1.54, 1.807) is 22.9 Å². The van der Waals surface area contributed by atoms with E-state index >= 15 is 0 Å². The van der Waals surface area contributed by atoms with Crippen LogP contribution in [0.5, 0.6) is 0 Å². The fraction of sp³-hybridized carbons (Fsp3) is 0.286. The largest absolute Gasteiger partial charge is 0.478 e. The summed E-state index contributed by atoms with van der Waals surface area (Å²) in [6, 6.07) is 7.56. The number of aliphatic carboxylic acids is 1. The zero-order valence-corrected chi connectivity index (χ0v) is 10.7. The number of hydrogen-bond acceptors (Lipinski definition) is 2. The highest BCUT2D eigenvalue weighted by atomic mass is 16.4. The molecule has 0 aromatic heterocycles. The lowest BCUT2D eigenvalue weighted by Crippen LogP contribution is -2.28. The van der Waals surface area contributed by atoms with Gasteiger partial charge < -0.3 is 14.9 Å². The van der Waals surface area contributed by atoms with Crippen LogP contribution in [0.2, 0.25) is 0 Å². The number of carbonyl (C=O) groups is 2. The summed E-state index contributed by atoms with van der Waals surface area (Å²) in [5.41, 5.74) is 1.82. The summed E-state index contributed by atoms with van der Waals surface area (Å²) in [6.07, 6.45) is 2.65. The Morgan fingerprint density at radius 3 is 2.84 bits per heavy atom. The van der Waals surface area contributed by atoms with E-state index in [9.17, 15) is 9.59 Å². The molecule has 1 aromatic rings. The molecular weight excluding hydrogens is 244 g/mol. The zero-order chi connectivity index (χ0) is 13.8. The fourth-order valence-electron chi connectivity index (χ4n) is 2.03. The Morgan fingerprint density at radius 2 is 2.21 bits per heavy atom. The molecule has 0 bridgehead atoms. The third kappa shape index (κ3) is 3.34. The van der Waals surface area contributed by atoms with Gasteiger partial charge in [0.2, 0.25) is 0 Å². The highest BCUT2D eigenvalue weighted by Crippen LogP contribution is 2.14. The van der Waals surface area contributed by atoms with E-state index in [2.05, 4.69) is 0 Å². The molecule has 2 amide bonds. The van der Waals surface area contributed by atoms with Crippen molar-refractivity contribution in [2.75, 3.05) is 20.1 Å². The molecule has 1 fully saturated rings. The van der Waals surface area contributed by atoms with Gasteiger partial charge in [-0.1, -0.05) is 18.2 Å². The van der Waals surface area contributed by atoms with E-state index < -0.39 is 5.97 Å². The zero-order valence-electron chi connectivity index (χ0n) is 10.7. The SMILES string of the molecule is CN1CCN(Cc2cccc(/C=C/C(=O)O)c2)C1=O. The van der Waals surface area contributed by atoms with Gasteiger partial charge in [-0.05, 0) is 23.3 Å². The monoisotopic (exact) mass is 260 g/mol. The smallest absolute Gasteiger partial charge is 0.328 e. The molecule has 2 rings (SSSR count). The minimum atomic E-state index is -0.971. The summed E-state index contributed by atoms with van der Waals surface area (Å²) in [6.45, 7) is 2.03. The van der Waals surface area contributed by atoms with Gasteiger partial charge in [-0.3, -0.25) is 0 Å². The quantitative estimate of drug-likeness (QED) is 0.837. The molecule has 1 heterocycles. The van der Waals surface area contributed by atoms with Crippen LogP contribution in [0.4, 0.5) is 4.79 Å². The van der Waals surface area contributed by atoms with E-state index in [-0.39, 0.29) is 6.03 Å². The van der Waals surface area contributed by atoms with Gasteiger partial charge >= 0.3 is 12.0 Å². The second-order valence-electron chi connectivity index (χ2n) is 4.54. The van der Waals surface area contributed by atoms with Crippen molar-refractivity contribution >= 4 is 18.1 Å². The number of carboxylic acids is 1. The van der Waals surface area contributed by atoms with Crippen molar-refractivity contribution in [3.63, 3.8) is 0 Å². The second-order valence-corrected chi connectivity index (χ2v) is 4.54.